The maximum absolute atomic E-state index is 14.0. The fraction of sp³-hybridized carbons (Fsp3) is 0.250. The highest BCUT2D eigenvalue weighted by molar-refractivity contribution is 5.96. The van der Waals surface area contributed by atoms with Crippen molar-refractivity contribution in [3.63, 3.8) is 0 Å². The number of aromatic nitrogens is 1. The first-order chi connectivity index (χ1) is 15.2. The molecule has 7 nitrogen and oxygen atoms in total. The van der Waals surface area contributed by atoms with Crippen LogP contribution in [-0.2, 0) is 6.54 Å². The van der Waals surface area contributed by atoms with Crippen molar-refractivity contribution >= 4 is 17.4 Å². The van der Waals surface area contributed by atoms with Gasteiger partial charge in [0.15, 0.2) is 11.6 Å². The molecule has 0 radical (unpaired) electrons. The van der Waals surface area contributed by atoms with Gasteiger partial charge in [-0.05, 0) is 68.5 Å². The third-order valence-electron chi connectivity index (χ3n) is 5.07. The first-order valence-corrected chi connectivity index (χ1v) is 10.2. The van der Waals surface area contributed by atoms with Crippen LogP contribution in [-0.4, -0.2) is 36.9 Å². The number of carbonyl (C=O) groups is 1. The molecule has 0 saturated carbocycles. The van der Waals surface area contributed by atoms with Crippen LogP contribution in [0.3, 0.4) is 0 Å². The molecule has 1 atom stereocenters. The molecule has 1 unspecified atom stereocenters. The molecule has 1 aromatic heterocycles. The zero-order chi connectivity index (χ0) is 23.4. The van der Waals surface area contributed by atoms with E-state index in [1.807, 2.05) is 26.2 Å². The number of benzene rings is 2. The Balaban J connectivity index is 0.000000913. The molecule has 1 aliphatic rings. The molecule has 32 heavy (non-hydrogen) atoms. The van der Waals surface area contributed by atoms with Crippen molar-refractivity contribution in [2.75, 3.05) is 32.6 Å². The van der Waals surface area contributed by atoms with Gasteiger partial charge in [0.25, 0.3) is 5.91 Å². The van der Waals surface area contributed by atoms with Crippen LogP contribution in [0.1, 0.15) is 34.5 Å². The van der Waals surface area contributed by atoms with E-state index >= 15 is 0 Å². The number of nitrogens with one attached hydrogen (secondary N) is 1. The molecule has 1 amide bonds. The summed E-state index contributed by atoms with van der Waals surface area (Å²) in [4.78, 5) is 19.0. The molecule has 2 aromatic carbocycles. The summed E-state index contributed by atoms with van der Waals surface area (Å²) < 4.78 is 20.0. The smallest absolute Gasteiger partial charge is 0.254 e. The number of nitrogens with zero attached hydrogens (tertiary/aromatic N) is 2. The van der Waals surface area contributed by atoms with Crippen LogP contribution < -0.4 is 21.5 Å². The molecule has 168 valence electrons. The number of fused-ring (bicyclic) bond motifs is 5. The van der Waals surface area contributed by atoms with Crippen LogP contribution in [0.2, 0.25) is 0 Å². The summed E-state index contributed by atoms with van der Waals surface area (Å²) in [6, 6.07) is 11.4. The SMILES string of the molecule is CC1Oc2cc(cnc2N)-c2cc(N)ccc2CN(C)C(=O)c2ccc(F)cc21.CNC. The number of nitrogen functional groups attached to an aromatic ring is 2. The molecule has 2 bridgehead atoms. The Kier molecular flexibility index (Phi) is 6.95. The monoisotopic (exact) mass is 437 g/mol. The second-order valence-corrected chi connectivity index (χ2v) is 7.68. The summed E-state index contributed by atoms with van der Waals surface area (Å²) in [6.45, 7) is 2.09. The van der Waals surface area contributed by atoms with Gasteiger partial charge in [0.05, 0.1) is 0 Å². The van der Waals surface area contributed by atoms with E-state index in [0.29, 0.717) is 29.1 Å². The summed E-state index contributed by atoms with van der Waals surface area (Å²) in [7, 11) is 5.46. The minimum Gasteiger partial charge on any atom is -0.482 e. The molecular formula is C24H28FN5O2. The standard InChI is InChI=1S/C22H21FN4O2.C2H7N/c1-12-18-8-15(23)4-6-17(18)22(28)27(2)11-13-3-5-16(24)9-19(13)14-7-20(29-12)21(25)26-10-14;1-3-2/h3-10,12H,11,24H2,1-2H3,(H2,25,26);3H,1-2H3. The third-order valence-corrected chi connectivity index (χ3v) is 5.07. The van der Waals surface area contributed by atoms with Crippen LogP contribution in [0.4, 0.5) is 15.9 Å². The van der Waals surface area contributed by atoms with Gasteiger partial charge in [0, 0.05) is 42.2 Å². The van der Waals surface area contributed by atoms with E-state index in [2.05, 4.69) is 10.3 Å². The highest BCUT2D eigenvalue weighted by Gasteiger charge is 2.24. The fourth-order valence-electron chi connectivity index (χ4n) is 3.55. The van der Waals surface area contributed by atoms with Gasteiger partial charge in [-0.15, -0.1) is 0 Å². The maximum atomic E-state index is 14.0. The Labute approximate surface area is 187 Å². The molecule has 4 rings (SSSR count). The van der Waals surface area contributed by atoms with Crippen molar-refractivity contribution in [1.29, 1.82) is 0 Å². The lowest BCUT2D eigenvalue weighted by Crippen LogP contribution is -2.28. The van der Waals surface area contributed by atoms with Gasteiger partial charge in [-0.1, -0.05) is 6.07 Å². The van der Waals surface area contributed by atoms with E-state index < -0.39 is 11.9 Å². The summed E-state index contributed by atoms with van der Waals surface area (Å²) in [5, 5.41) is 2.75. The van der Waals surface area contributed by atoms with Crippen molar-refractivity contribution in [2.45, 2.75) is 19.6 Å². The molecule has 1 aliphatic heterocycles. The van der Waals surface area contributed by atoms with E-state index in [9.17, 15) is 9.18 Å². The summed E-state index contributed by atoms with van der Waals surface area (Å²) in [6.07, 6.45) is 1.03. The largest absolute Gasteiger partial charge is 0.482 e. The first kappa shape index (κ1) is 23.0. The summed E-state index contributed by atoms with van der Waals surface area (Å²) in [5.41, 5.74) is 15.9. The topological polar surface area (TPSA) is 106 Å². The minimum absolute atomic E-state index is 0.213. The lowest BCUT2D eigenvalue weighted by Gasteiger charge is -2.25. The van der Waals surface area contributed by atoms with Gasteiger partial charge in [0.1, 0.15) is 11.9 Å². The zero-order valence-electron chi connectivity index (χ0n) is 18.6. The molecule has 0 fully saturated rings. The molecule has 0 spiro atoms. The Morgan fingerprint density at radius 1 is 1.12 bits per heavy atom. The van der Waals surface area contributed by atoms with Crippen LogP contribution >= 0.6 is 0 Å². The van der Waals surface area contributed by atoms with Crippen molar-refractivity contribution in [1.82, 2.24) is 15.2 Å². The molecule has 0 saturated heterocycles. The summed E-state index contributed by atoms with van der Waals surface area (Å²) >= 11 is 0. The maximum Gasteiger partial charge on any atom is 0.254 e. The van der Waals surface area contributed by atoms with Crippen molar-refractivity contribution in [3.8, 4) is 16.9 Å². The normalized spacial score (nSPS) is 15.2. The van der Waals surface area contributed by atoms with E-state index in [1.165, 1.54) is 18.2 Å². The van der Waals surface area contributed by atoms with Crippen molar-refractivity contribution < 1.29 is 13.9 Å². The highest BCUT2D eigenvalue weighted by Crippen LogP contribution is 2.35. The molecule has 3 aromatic rings. The number of pyridine rings is 1. The average Bonchev–Trinajstić information content (AvgIpc) is 2.76. The van der Waals surface area contributed by atoms with Gasteiger partial charge < -0.3 is 26.4 Å². The second kappa shape index (κ2) is 9.65. The highest BCUT2D eigenvalue weighted by atomic mass is 19.1. The van der Waals surface area contributed by atoms with E-state index in [1.54, 1.807) is 37.2 Å². The van der Waals surface area contributed by atoms with Gasteiger partial charge in [-0.3, -0.25) is 4.79 Å². The number of hydrogen-bond acceptors (Lipinski definition) is 6. The predicted octanol–water partition coefficient (Wildman–Crippen LogP) is 3.61. The number of ether oxygens (including phenoxy) is 1. The van der Waals surface area contributed by atoms with Gasteiger partial charge in [-0.25, -0.2) is 9.37 Å². The number of rotatable bonds is 0. The molecule has 0 aliphatic carbocycles. The number of amides is 1. The Bertz CT molecular complexity index is 1140. The lowest BCUT2D eigenvalue weighted by molar-refractivity contribution is 0.0780. The number of hydrogen-bond donors (Lipinski definition) is 3. The summed E-state index contributed by atoms with van der Waals surface area (Å²) in [5.74, 6) is -0.0968. The fourth-order valence-corrected chi connectivity index (χ4v) is 3.55. The van der Waals surface area contributed by atoms with Crippen LogP contribution in [0, 0.1) is 5.82 Å². The molecule has 5 N–H and O–H groups in total. The quantitative estimate of drug-likeness (QED) is 0.464. The third kappa shape index (κ3) is 4.81. The van der Waals surface area contributed by atoms with Gasteiger partial charge in [-0.2, -0.15) is 0 Å². The number of halogens is 1. The second-order valence-electron chi connectivity index (χ2n) is 7.68. The van der Waals surface area contributed by atoms with E-state index in [4.69, 9.17) is 16.2 Å². The Hall–Kier alpha value is -3.65. The van der Waals surface area contributed by atoms with Gasteiger partial charge in [0.2, 0.25) is 0 Å². The molecular weight excluding hydrogens is 409 g/mol. The predicted molar refractivity (Wildman–Crippen MR) is 125 cm³/mol. The molecule has 2 heterocycles. The average molecular weight is 438 g/mol. The Morgan fingerprint density at radius 2 is 1.84 bits per heavy atom. The zero-order valence-corrected chi connectivity index (χ0v) is 18.6. The lowest BCUT2D eigenvalue weighted by atomic mass is 9.98. The van der Waals surface area contributed by atoms with Gasteiger partial charge >= 0.3 is 0 Å². The van der Waals surface area contributed by atoms with Crippen LogP contribution in [0.15, 0.2) is 48.7 Å². The number of carbonyl (C=O) groups excluding carboxylic acids is 1. The first-order valence-electron chi connectivity index (χ1n) is 10.2. The Morgan fingerprint density at radius 3 is 2.56 bits per heavy atom. The van der Waals surface area contributed by atoms with Crippen molar-refractivity contribution in [2.24, 2.45) is 0 Å². The van der Waals surface area contributed by atoms with Crippen molar-refractivity contribution in [3.05, 3.63) is 71.2 Å². The van der Waals surface area contributed by atoms with Crippen LogP contribution in [0.25, 0.3) is 11.1 Å². The minimum atomic E-state index is -0.614. The number of anilines is 2. The number of nitrogens with two attached hydrogens (primary N) is 2. The van der Waals surface area contributed by atoms with E-state index in [0.717, 1.165) is 16.7 Å². The molecule has 8 heteroatoms. The van der Waals surface area contributed by atoms with Crippen LogP contribution in [0.5, 0.6) is 5.75 Å². The van der Waals surface area contributed by atoms with E-state index in [-0.39, 0.29) is 11.7 Å².